The fraction of sp³-hybridized carbons (Fsp3) is 0.429. The second-order valence-corrected chi connectivity index (χ2v) is 4.87. The quantitative estimate of drug-likeness (QED) is 0.926. The van der Waals surface area contributed by atoms with Gasteiger partial charge in [0, 0.05) is 6.61 Å². The smallest absolute Gasteiger partial charge is 0.123 e. The van der Waals surface area contributed by atoms with Gasteiger partial charge in [-0.2, -0.15) is 0 Å². The highest BCUT2D eigenvalue weighted by Gasteiger charge is 2.26. The summed E-state index contributed by atoms with van der Waals surface area (Å²) >= 11 is 0. The maximum absolute atomic E-state index is 12.9. The number of hydrogen-bond donors (Lipinski definition) is 1. The van der Waals surface area contributed by atoms with Crippen molar-refractivity contribution in [1.82, 2.24) is 15.0 Å². The van der Waals surface area contributed by atoms with Crippen molar-refractivity contribution in [3.8, 4) is 0 Å². The zero-order chi connectivity index (χ0) is 13.9. The molecule has 0 amide bonds. The molecule has 1 aromatic carbocycles. The molecule has 1 N–H and O–H groups in total. The first-order valence-corrected chi connectivity index (χ1v) is 6.67. The normalized spacial score (nSPS) is 18.6. The minimum absolute atomic E-state index is 0.0624. The Morgan fingerprint density at radius 1 is 1.35 bits per heavy atom. The summed E-state index contributed by atoms with van der Waals surface area (Å²) in [7, 11) is 0. The third-order valence-electron chi connectivity index (χ3n) is 3.48. The standard InChI is InChI=1S/C14H16FN3O2/c15-11-5-3-10(4-6-11)8-18-14(12(9-19)16-17-18)13-2-1-7-20-13/h3-6,13,19H,1-2,7-9H2. The maximum atomic E-state index is 12.9. The number of nitrogens with zero attached hydrogens (tertiary/aromatic N) is 3. The molecule has 2 heterocycles. The van der Waals surface area contributed by atoms with Crippen LogP contribution in [-0.2, 0) is 17.9 Å². The lowest BCUT2D eigenvalue weighted by Gasteiger charge is -2.13. The van der Waals surface area contributed by atoms with Crippen LogP contribution in [0.25, 0.3) is 0 Å². The average Bonchev–Trinajstić information content (AvgIpc) is 3.10. The van der Waals surface area contributed by atoms with Crippen LogP contribution in [0.15, 0.2) is 24.3 Å². The molecule has 1 aromatic heterocycles. The van der Waals surface area contributed by atoms with Gasteiger partial charge in [0.05, 0.1) is 18.8 Å². The molecule has 1 aliphatic rings. The second-order valence-electron chi connectivity index (χ2n) is 4.87. The molecule has 3 rings (SSSR count). The van der Waals surface area contributed by atoms with E-state index in [2.05, 4.69) is 10.3 Å². The van der Waals surface area contributed by atoms with Gasteiger partial charge >= 0.3 is 0 Å². The van der Waals surface area contributed by atoms with Gasteiger partial charge in [-0.05, 0) is 30.5 Å². The summed E-state index contributed by atoms with van der Waals surface area (Å²) in [4.78, 5) is 0. The molecule has 0 saturated carbocycles. The van der Waals surface area contributed by atoms with Crippen molar-refractivity contribution >= 4 is 0 Å². The molecule has 1 saturated heterocycles. The highest BCUT2D eigenvalue weighted by Crippen LogP contribution is 2.30. The number of aromatic nitrogens is 3. The first-order chi connectivity index (χ1) is 9.78. The molecule has 5 nitrogen and oxygen atoms in total. The van der Waals surface area contributed by atoms with Crippen molar-refractivity contribution in [2.24, 2.45) is 0 Å². The highest BCUT2D eigenvalue weighted by atomic mass is 19.1. The number of hydrogen-bond acceptors (Lipinski definition) is 4. The Balaban J connectivity index is 1.88. The van der Waals surface area contributed by atoms with Gasteiger partial charge in [0.25, 0.3) is 0 Å². The zero-order valence-electron chi connectivity index (χ0n) is 11.0. The molecule has 0 aliphatic carbocycles. The van der Waals surface area contributed by atoms with Crippen LogP contribution >= 0.6 is 0 Å². The second kappa shape index (κ2) is 5.68. The van der Waals surface area contributed by atoms with E-state index >= 15 is 0 Å². The van der Waals surface area contributed by atoms with Gasteiger partial charge in [0.15, 0.2) is 0 Å². The number of rotatable bonds is 4. The summed E-state index contributed by atoms with van der Waals surface area (Å²) in [6.07, 6.45) is 1.84. The fourth-order valence-corrected chi connectivity index (χ4v) is 2.49. The lowest BCUT2D eigenvalue weighted by Crippen LogP contribution is -2.11. The van der Waals surface area contributed by atoms with Crippen molar-refractivity contribution in [3.05, 3.63) is 47.0 Å². The monoisotopic (exact) mass is 277 g/mol. The predicted molar refractivity (Wildman–Crippen MR) is 69.4 cm³/mol. The van der Waals surface area contributed by atoms with Crippen LogP contribution in [0, 0.1) is 5.82 Å². The molecule has 6 heteroatoms. The van der Waals surface area contributed by atoms with Gasteiger partial charge in [-0.15, -0.1) is 5.10 Å². The molecule has 2 aromatic rings. The van der Waals surface area contributed by atoms with Gasteiger partial charge in [-0.25, -0.2) is 9.07 Å². The number of ether oxygens (including phenoxy) is 1. The Hall–Kier alpha value is -1.79. The van der Waals surface area contributed by atoms with Crippen molar-refractivity contribution in [3.63, 3.8) is 0 Å². The number of aliphatic hydroxyl groups excluding tert-OH is 1. The minimum atomic E-state index is -0.261. The van der Waals surface area contributed by atoms with Crippen LogP contribution in [0.4, 0.5) is 4.39 Å². The molecular formula is C14H16FN3O2. The molecule has 1 unspecified atom stereocenters. The summed E-state index contributed by atoms with van der Waals surface area (Å²) < 4.78 is 20.3. The van der Waals surface area contributed by atoms with Crippen LogP contribution in [-0.4, -0.2) is 26.7 Å². The van der Waals surface area contributed by atoms with E-state index in [1.165, 1.54) is 12.1 Å². The Bertz CT molecular complexity index is 577. The largest absolute Gasteiger partial charge is 0.390 e. The maximum Gasteiger partial charge on any atom is 0.123 e. The van der Waals surface area contributed by atoms with Crippen molar-refractivity contribution in [2.75, 3.05) is 6.61 Å². The van der Waals surface area contributed by atoms with E-state index in [-0.39, 0.29) is 18.5 Å². The zero-order valence-corrected chi connectivity index (χ0v) is 11.0. The molecule has 1 fully saturated rings. The first kappa shape index (κ1) is 13.2. The van der Waals surface area contributed by atoms with Crippen molar-refractivity contribution in [1.29, 1.82) is 0 Å². The third-order valence-corrected chi connectivity index (χ3v) is 3.48. The molecular weight excluding hydrogens is 261 g/mol. The van der Waals surface area contributed by atoms with E-state index in [0.29, 0.717) is 12.2 Å². The van der Waals surface area contributed by atoms with Crippen LogP contribution in [0.5, 0.6) is 0 Å². The van der Waals surface area contributed by atoms with Crippen LogP contribution in [0.2, 0.25) is 0 Å². The van der Waals surface area contributed by atoms with Crippen LogP contribution in [0.3, 0.4) is 0 Å². The number of benzene rings is 1. The van der Waals surface area contributed by atoms with Gasteiger partial charge in [-0.3, -0.25) is 0 Å². The number of halogens is 1. The highest BCUT2D eigenvalue weighted by molar-refractivity contribution is 5.19. The minimum Gasteiger partial charge on any atom is -0.390 e. The predicted octanol–water partition coefficient (Wildman–Crippen LogP) is 1.81. The van der Waals surface area contributed by atoms with E-state index in [0.717, 1.165) is 30.7 Å². The topological polar surface area (TPSA) is 60.2 Å². The summed E-state index contributed by atoms with van der Waals surface area (Å²) in [5.41, 5.74) is 2.31. The van der Waals surface area contributed by atoms with E-state index in [4.69, 9.17) is 4.74 Å². The lowest BCUT2D eigenvalue weighted by atomic mass is 10.1. The molecule has 106 valence electrons. The van der Waals surface area contributed by atoms with Gasteiger partial charge in [0.2, 0.25) is 0 Å². The molecule has 1 aliphatic heterocycles. The van der Waals surface area contributed by atoms with Crippen LogP contribution < -0.4 is 0 Å². The Morgan fingerprint density at radius 3 is 2.80 bits per heavy atom. The van der Waals surface area contributed by atoms with Crippen LogP contribution in [0.1, 0.15) is 35.9 Å². The van der Waals surface area contributed by atoms with Crippen molar-refractivity contribution in [2.45, 2.75) is 32.1 Å². The molecule has 0 spiro atoms. The van der Waals surface area contributed by atoms with Crippen molar-refractivity contribution < 1.29 is 14.2 Å². The summed E-state index contributed by atoms with van der Waals surface area (Å²) in [6, 6.07) is 6.28. The summed E-state index contributed by atoms with van der Waals surface area (Å²) in [5, 5.41) is 17.5. The summed E-state index contributed by atoms with van der Waals surface area (Å²) in [5.74, 6) is -0.261. The average molecular weight is 277 g/mol. The van der Waals surface area contributed by atoms with Gasteiger partial charge < -0.3 is 9.84 Å². The summed E-state index contributed by atoms with van der Waals surface area (Å²) in [6.45, 7) is 1.05. The molecule has 0 bridgehead atoms. The first-order valence-electron chi connectivity index (χ1n) is 6.67. The fourth-order valence-electron chi connectivity index (χ4n) is 2.49. The van der Waals surface area contributed by atoms with E-state index in [1.807, 2.05) is 0 Å². The Kier molecular flexibility index (Phi) is 3.75. The SMILES string of the molecule is OCc1nnn(Cc2ccc(F)cc2)c1C1CCCO1. The van der Waals surface area contributed by atoms with Gasteiger partial charge in [0.1, 0.15) is 17.6 Å². The van der Waals surface area contributed by atoms with E-state index in [9.17, 15) is 9.50 Å². The molecule has 1 atom stereocenters. The Morgan fingerprint density at radius 2 is 2.15 bits per heavy atom. The molecule has 0 radical (unpaired) electrons. The molecule has 20 heavy (non-hydrogen) atoms. The third kappa shape index (κ3) is 2.57. The lowest BCUT2D eigenvalue weighted by molar-refractivity contribution is 0.102. The van der Waals surface area contributed by atoms with E-state index in [1.54, 1.807) is 16.8 Å². The number of aliphatic hydroxyl groups is 1. The Labute approximate surface area is 116 Å². The van der Waals surface area contributed by atoms with E-state index < -0.39 is 0 Å². The van der Waals surface area contributed by atoms with Gasteiger partial charge in [-0.1, -0.05) is 17.3 Å².